The van der Waals surface area contributed by atoms with Gasteiger partial charge >= 0.3 is 0 Å². The number of carbonyl (C=O) groups excluding carboxylic acids is 2. The van der Waals surface area contributed by atoms with E-state index in [-0.39, 0.29) is 15.7 Å². The minimum atomic E-state index is -1.09. The van der Waals surface area contributed by atoms with Crippen molar-refractivity contribution in [3.05, 3.63) is 62.6 Å². The molecule has 10 heteroatoms. The summed E-state index contributed by atoms with van der Waals surface area (Å²) in [5.41, 5.74) is 4.36. The van der Waals surface area contributed by atoms with Crippen LogP contribution in [0.2, 0.25) is 15.1 Å². The minimum Gasteiger partial charge on any atom is -0.340 e. The predicted octanol–water partition coefficient (Wildman–Crippen LogP) is 4.82. The molecule has 0 aliphatic heterocycles. The molecule has 0 saturated heterocycles. The van der Waals surface area contributed by atoms with Crippen LogP contribution in [0.1, 0.15) is 24.2 Å². The van der Waals surface area contributed by atoms with Crippen molar-refractivity contribution in [1.29, 1.82) is 0 Å². The molecule has 28 heavy (non-hydrogen) atoms. The van der Waals surface area contributed by atoms with E-state index < -0.39 is 41.0 Å². The molecule has 2 rings (SSSR count). The molecule has 150 valence electrons. The zero-order valence-corrected chi connectivity index (χ0v) is 17.0. The van der Waals surface area contributed by atoms with Gasteiger partial charge in [0.1, 0.15) is 23.2 Å². The smallest absolute Gasteiger partial charge is 0.261 e. The molecule has 0 bridgehead atoms. The Bertz CT molecular complexity index is 866. The Morgan fingerprint density at radius 2 is 1.54 bits per heavy atom. The SMILES string of the molecule is CC(C)[C@H](NC(=O)c1c(F)cccc1F)C(=O)NNc1c(Cl)cc(Cl)cc1Cl. The number of nitrogens with one attached hydrogen (secondary N) is 3. The molecule has 2 aromatic rings. The fraction of sp³-hybridized carbons (Fsp3) is 0.222. The maximum absolute atomic E-state index is 13.8. The summed E-state index contributed by atoms with van der Waals surface area (Å²) in [5.74, 6) is -4.16. The Kier molecular flexibility index (Phi) is 7.46. The van der Waals surface area contributed by atoms with Crippen LogP contribution in [0, 0.1) is 17.6 Å². The summed E-state index contributed by atoms with van der Waals surface area (Å²) in [6.45, 7) is 3.31. The lowest BCUT2D eigenvalue weighted by atomic mass is 10.0. The first-order valence-electron chi connectivity index (χ1n) is 8.07. The molecule has 2 amide bonds. The molecule has 0 aromatic heterocycles. The molecule has 3 N–H and O–H groups in total. The first-order chi connectivity index (χ1) is 13.1. The number of hydrogen-bond donors (Lipinski definition) is 3. The van der Waals surface area contributed by atoms with Crippen molar-refractivity contribution in [3.8, 4) is 0 Å². The molecule has 0 aliphatic carbocycles. The number of amides is 2. The lowest BCUT2D eigenvalue weighted by Crippen LogP contribution is -2.51. The number of carbonyl (C=O) groups is 2. The third-order valence-corrected chi connectivity index (χ3v) is 4.56. The molecule has 1 atom stereocenters. The Balaban J connectivity index is 2.14. The van der Waals surface area contributed by atoms with Gasteiger partial charge in [0.05, 0.1) is 15.7 Å². The monoisotopic (exact) mass is 449 g/mol. The number of benzene rings is 2. The van der Waals surface area contributed by atoms with Crippen molar-refractivity contribution in [2.24, 2.45) is 5.92 Å². The molecule has 0 spiro atoms. The average Bonchev–Trinajstić information content (AvgIpc) is 2.58. The molecule has 5 nitrogen and oxygen atoms in total. The summed E-state index contributed by atoms with van der Waals surface area (Å²) in [7, 11) is 0. The van der Waals surface area contributed by atoms with E-state index in [2.05, 4.69) is 16.2 Å². The fourth-order valence-corrected chi connectivity index (χ4v) is 3.24. The first-order valence-corrected chi connectivity index (χ1v) is 9.20. The predicted molar refractivity (Wildman–Crippen MR) is 106 cm³/mol. The van der Waals surface area contributed by atoms with E-state index >= 15 is 0 Å². The first kappa shape index (κ1) is 22.2. The van der Waals surface area contributed by atoms with Crippen molar-refractivity contribution < 1.29 is 18.4 Å². The van der Waals surface area contributed by atoms with Crippen LogP contribution in [0.3, 0.4) is 0 Å². The van der Waals surface area contributed by atoms with Crippen molar-refractivity contribution in [3.63, 3.8) is 0 Å². The van der Waals surface area contributed by atoms with E-state index in [4.69, 9.17) is 34.8 Å². The number of halogens is 5. The quantitative estimate of drug-likeness (QED) is 0.553. The van der Waals surface area contributed by atoms with Crippen LogP contribution in [-0.4, -0.2) is 17.9 Å². The standard InChI is InChI=1S/C18H16Cl3F2N3O2/c1-8(2)15(24-17(27)14-12(22)4-3-5-13(14)23)18(28)26-25-16-10(20)6-9(19)7-11(16)21/h3-8,15,25H,1-2H3,(H,24,27)(H,26,28)/t15-/m0/s1. The van der Waals surface area contributed by atoms with Crippen molar-refractivity contribution >= 4 is 52.3 Å². The molecule has 0 saturated carbocycles. The van der Waals surface area contributed by atoms with E-state index in [0.29, 0.717) is 5.02 Å². The fourth-order valence-electron chi connectivity index (χ4n) is 2.33. The summed E-state index contributed by atoms with van der Waals surface area (Å²) < 4.78 is 27.6. The third kappa shape index (κ3) is 5.25. The minimum absolute atomic E-state index is 0.163. The van der Waals surface area contributed by atoms with E-state index in [1.807, 2.05) is 0 Å². The zero-order valence-electron chi connectivity index (χ0n) is 14.7. The van der Waals surface area contributed by atoms with Crippen LogP contribution in [0.5, 0.6) is 0 Å². The largest absolute Gasteiger partial charge is 0.340 e. The Morgan fingerprint density at radius 1 is 1.00 bits per heavy atom. The highest BCUT2D eigenvalue weighted by atomic mass is 35.5. The summed E-state index contributed by atoms with van der Waals surface area (Å²) in [6.07, 6.45) is 0. The molecule has 0 heterocycles. The van der Waals surface area contributed by atoms with Crippen LogP contribution in [0.15, 0.2) is 30.3 Å². The van der Waals surface area contributed by atoms with Gasteiger partial charge in [-0.1, -0.05) is 54.7 Å². The molecule has 2 aromatic carbocycles. The van der Waals surface area contributed by atoms with E-state index in [1.54, 1.807) is 13.8 Å². The van der Waals surface area contributed by atoms with Crippen molar-refractivity contribution in [2.75, 3.05) is 5.43 Å². The Hall–Kier alpha value is -2.09. The lowest BCUT2D eigenvalue weighted by Gasteiger charge is -2.23. The molecular weight excluding hydrogens is 435 g/mol. The highest BCUT2D eigenvalue weighted by Gasteiger charge is 2.27. The van der Waals surface area contributed by atoms with Gasteiger partial charge in [-0.15, -0.1) is 0 Å². The lowest BCUT2D eigenvalue weighted by molar-refractivity contribution is -0.123. The highest BCUT2D eigenvalue weighted by Crippen LogP contribution is 2.33. The normalized spacial score (nSPS) is 11.9. The number of hydrogen-bond acceptors (Lipinski definition) is 3. The average molecular weight is 451 g/mol. The van der Waals surface area contributed by atoms with Crippen molar-refractivity contribution in [2.45, 2.75) is 19.9 Å². The number of anilines is 1. The summed E-state index contributed by atoms with van der Waals surface area (Å²) in [5, 5.41) is 2.97. The van der Waals surface area contributed by atoms with E-state index in [0.717, 1.165) is 18.2 Å². The summed E-state index contributed by atoms with van der Waals surface area (Å²) >= 11 is 17.9. The molecule has 0 aliphatic rings. The van der Waals surface area contributed by atoms with Crippen LogP contribution in [-0.2, 0) is 4.79 Å². The van der Waals surface area contributed by atoms with Gasteiger partial charge in [0.25, 0.3) is 11.8 Å². The van der Waals surface area contributed by atoms with Crippen LogP contribution >= 0.6 is 34.8 Å². The zero-order chi connectivity index (χ0) is 21.0. The second kappa shape index (κ2) is 9.41. The van der Waals surface area contributed by atoms with E-state index in [9.17, 15) is 18.4 Å². The van der Waals surface area contributed by atoms with Gasteiger partial charge in [-0.3, -0.25) is 20.4 Å². The maximum atomic E-state index is 13.8. The van der Waals surface area contributed by atoms with Gasteiger partial charge in [-0.05, 0) is 30.2 Å². The van der Waals surface area contributed by atoms with Gasteiger partial charge in [0.15, 0.2) is 0 Å². The highest BCUT2D eigenvalue weighted by molar-refractivity contribution is 6.41. The summed E-state index contributed by atoms with van der Waals surface area (Å²) in [4.78, 5) is 24.8. The van der Waals surface area contributed by atoms with Gasteiger partial charge in [0.2, 0.25) is 0 Å². The Morgan fingerprint density at radius 3 is 2.04 bits per heavy atom. The van der Waals surface area contributed by atoms with Gasteiger partial charge < -0.3 is 5.32 Å². The van der Waals surface area contributed by atoms with Crippen LogP contribution in [0.25, 0.3) is 0 Å². The van der Waals surface area contributed by atoms with Crippen LogP contribution in [0.4, 0.5) is 14.5 Å². The summed E-state index contributed by atoms with van der Waals surface area (Å²) in [6, 6.07) is 4.79. The van der Waals surface area contributed by atoms with Crippen LogP contribution < -0.4 is 16.2 Å². The molecule has 0 fully saturated rings. The molecular formula is C18H16Cl3F2N3O2. The maximum Gasteiger partial charge on any atom is 0.261 e. The number of hydrazine groups is 1. The molecule has 0 radical (unpaired) electrons. The Labute approximate surface area is 175 Å². The second-order valence-corrected chi connectivity index (χ2v) is 7.40. The second-order valence-electron chi connectivity index (χ2n) is 6.15. The third-order valence-electron chi connectivity index (χ3n) is 3.74. The van der Waals surface area contributed by atoms with Gasteiger partial charge in [0, 0.05) is 5.02 Å². The van der Waals surface area contributed by atoms with E-state index in [1.165, 1.54) is 12.1 Å². The van der Waals surface area contributed by atoms with Crippen molar-refractivity contribution in [1.82, 2.24) is 10.7 Å². The van der Waals surface area contributed by atoms with Gasteiger partial charge in [-0.2, -0.15) is 0 Å². The topological polar surface area (TPSA) is 70.2 Å². The van der Waals surface area contributed by atoms with Gasteiger partial charge in [-0.25, -0.2) is 8.78 Å². The molecule has 0 unspecified atom stereocenters. The number of rotatable bonds is 6.